The van der Waals surface area contributed by atoms with Crippen molar-refractivity contribution in [2.75, 3.05) is 13.2 Å². The molecule has 0 radical (unpaired) electrons. The van der Waals surface area contributed by atoms with Crippen molar-refractivity contribution in [1.82, 2.24) is 0 Å². The van der Waals surface area contributed by atoms with Crippen molar-refractivity contribution in [2.45, 2.75) is 258 Å². The summed E-state index contributed by atoms with van der Waals surface area (Å²) in [5, 5.41) is 0. The second kappa shape index (κ2) is 60.1. The first kappa shape index (κ1) is 68.6. The van der Waals surface area contributed by atoms with E-state index in [1.165, 1.54) is 57.8 Å². The molecule has 0 amide bonds. The third kappa shape index (κ3) is 58.3. The van der Waals surface area contributed by atoms with Crippen LogP contribution in [-0.4, -0.2) is 37.2 Å². The van der Waals surface area contributed by atoms with Crippen LogP contribution in [-0.2, 0) is 28.6 Å². The quantitative estimate of drug-likeness (QED) is 0.0261. The molecule has 0 aliphatic rings. The van der Waals surface area contributed by atoms with E-state index < -0.39 is 6.10 Å². The first-order valence-electron chi connectivity index (χ1n) is 29.7. The molecule has 0 spiro atoms. The molecule has 0 aliphatic carbocycles. The van der Waals surface area contributed by atoms with Crippen LogP contribution in [0.1, 0.15) is 252 Å². The molecule has 6 heteroatoms. The summed E-state index contributed by atoms with van der Waals surface area (Å²) >= 11 is 0. The second-order valence-electron chi connectivity index (χ2n) is 19.1. The summed E-state index contributed by atoms with van der Waals surface area (Å²) in [5.74, 6) is -0.953. The highest BCUT2D eigenvalue weighted by atomic mass is 16.6. The van der Waals surface area contributed by atoms with Gasteiger partial charge >= 0.3 is 17.9 Å². The van der Waals surface area contributed by atoms with Gasteiger partial charge in [-0.25, -0.2) is 0 Å². The van der Waals surface area contributed by atoms with E-state index in [1.54, 1.807) is 0 Å². The van der Waals surface area contributed by atoms with Crippen LogP contribution < -0.4 is 0 Å². The average molecular weight is 1010 g/mol. The first-order valence-corrected chi connectivity index (χ1v) is 29.7. The molecular formula is C67H108O6. The van der Waals surface area contributed by atoms with Gasteiger partial charge in [0, 0.05) is 19.3 Å². The van der Waals surface area contributed by atoms with Crippen molar-refractivity contribution in [3.8, 4) is 0 Å². The lowest BCUT2D eigenvalue weighted by molar-refractivity contribution is -0.167. The zero-order valence-corrected chi connectivity index (χ0v) is 47.1. The van der Waals surface area contributed by atoms with E-state index in [-0.39, 0.29) is 31.1 Å². The lowest BCUT2D eigenvalue weighted by atomic mass is 10.0. The third-order valence-electron chi connectivity index (χ3n) is 12.1. The van der Waals surface area contributed by atoms with Gasteiger partial charge in [0.2, 0.25) is 0 Å². The fourth-order valence-corrected chi connectivity index (χ4v) is 7.79. The summed E-state index contributed by atoms with van der Waals surface area (Å²) in [4.78, 5) is 38.2. The van der Waals surface area contributed by atoms with Crippen LogP contribution in [0, 0.1) is 0 Å². The van der Waals surface area contributed by atoms with Gasteiger partial charge in [-0.2, -0.15) is 0 Å². The molecule has 412 valence electrons. The Bertz CT molecular complexity index is 1580. The van der Waals surface area contributed by atoms with E-state index in [0.717, 1.165) is 154 Å². The molecule has 73 heavy (non-hydrogen) atoms. The van der Waals surface area contributed by atoms with Crippen LogP contribution in [0.3, 0.4) is 0 Å². The maximum absolute atomic E-state index is 12.8. The van der Waals surface area contributed by atoms with Gasteiger partial charge in [-0.3, -0.25) is 14.4 Å². The standard InChI is InChI=1S/C67H108O6/c1-4-7-10-13-16-19-22-25-27-28-29-30-31-32-33-34-35-36-37-38-40-42-45-48-51-54-57-60-66(69)72-63-64(62-71-65(68)59-56-53-50-47-44-41-24-21-18-15-12-9-6-3)73-67(70)61-58-55-52-49-46-43-39-26-23-20-17-14-11-8-5-2/h7-12,16-21,25-27,29-30,32-33,39,41,44,64H,4-6,13-15,22-24,28,31,34-38,40,42-43,45-63H2,1-3H3/b10-7-,11-8-,12-9-,19-16-,20-17-,21-18-,27-25-,30-29-,33-32-,39-26-,44-41-. The molecule has 0 fully saturated rings. The second-order valence-corrected chi connectivity index (χ2v) is 19.1. The van der Waals surface area contributed by atoms with Crippen molar-refractivity contribution in [3.05, 3.63) is 134 Å². The van der Waals surface area contributed by atoms with E-state index in [2.05, 4.69) is 154 Å². The molecule has 1 atom stereocenters. The fourth-order valence-electron chi connectivity index (χ4n) is 7.79. The number of carbonyl (C=O) groups is 3. The van der Waals surface area contributed by atoms with Crippen LogP contribution in [0.15, 0.2) is 134 Å². The summed E-state index contributed by atoms with van der Waals surface area (Å²) in [6.45, 7) is 6.25. The zero-order valence-electron chi connectivity index (χ0n) is 47.1. The molecule has 0 N–H and O–H groups in total. The van der Waals surface area contributed by atoms with Crippen LogP contribution in [0.5, 0.6) is 0 Å². The number of allylic oxidation sites excluding steroid dienone is 22. The molecule has 0 heterocycles. The predicted molar refractivity (Wildman–Crippen MR) is 316 cm³/mol. The molecule has 6 nitrogen and oxygen atoms in total. The molecule has 0 rings (SSSR count). The molecule has 1 unspecified atom stereocenters. The Morgan fingerprint density at radius 2 is 0.493 bits per heavy atom. The Balaban J connectivity index is 4.33. The summed E-state index contributed by atoms with van der Waals surface area (Å²) in [6, 6.07) is 0. The number of hydrogen-bond donors (Lipinski definition) is 0. The molecule has 0 aromatic rings. The summed E-state index contributed by atoms with van der Waals surface area (Å²) in [6.07, 6.45) is 84.5. The summed E-state index contributed by atoms with van der Waals surface area (Å²) in [5.41, 5.74) is 0. The summed E-state index contributed by atoms with van der Waals surface area (Å²) < 4.78 is 16.8. The zero-order chi connectivity index (χ0) is 52.9. The van der Waals surface area contributed by atoms with Gasteiger partial charge in [0.1, 0.15) is 13.2 Å². The van der Waals surface area contributed by atoms with Crippen LogP contribution in [0.4, 0.5) is 0 Å². The Kier molecular flexibility index (Phi) is 56.4. The number of hydrogen-bond acceptors (Lipinski definition) is 6. The van der Waals surface area contributed by atoms with Gasteiger partial charge in [-0.1, -0.05) is 238 Å². The highest BCUT2D eigenvalue weighted by Gasteiger charge is 2.19. The highest BCUT2D eigenvalue weighted by Crippen LogP contribution is 2.15. The number of ether oxygens (including phenoxy) is 3. The Morgan fingerprint density at radius 1 is 0.274 bits per heavy atom. The van der Waals surface area contributed by atoms with Crippen molar-refractivity contribution < 1.29 is 28.6 Å². The molecular weight excluding hydrogens is 901 g/mol. The predicted octanol–water partition coefficient (Wildman–Crippen LogP) is 20.2. The molecule has 0 aliphatic heterocycles. The van der Waals surface area contributed by atoms with Gasteiger partial charge in [0.25, 0.3) is 0 Å². The van der Waals surface area contributed by atoms with Crippen LogP contribution >= 0.6 is 0 Å². The van der Waals surface area contributed by atoms with Crippen molar-refractivity contribution in [1.29, 1.82) is 0 Å². The van der Waals surface area contributed by atoms with Gasteiger partial charge in [0.05, 0.1) is 0 Å². The Hall–Kier alpha value is -4.45. The molecule has 0 aromatic carbocycles. The van der Waals surface area contributed by atoms with Gasteiger partial charge in [-0.05, 0) is 128 Å². The average Bonchev–Trinajstić information content (AvgIpc) is 3.39. The van der Waals surface area contributed by atoms with E-state index in [4.69, 9.17) is 14.2 Å². The van der Waals surface area contributed by atoms with Crippen LogP contribution in [0.25, 0.3) is 0 Å². The highest BCUT2D eigenvalue weighted by molar-refractivity contribution is 5.71. The molecule has 0 saturated heterocycles. The molecule has 0 bridgehead atoms. The largest absolute Gasteiger partial charge is 0.462 e. The number of rotatable bonds is 52. The molecule has 0 aromatic heterocycles. The van der Waals surface area contributed by atoms with Crippen LogP contribution in [0.2, 0.25) is 0 Å². The van der Waals surface area contributed by atoms with E-state index in [0.29, 0.717) is 19.3 Å². The van der Waals surface area contributed by atoms with Gasteiger partial charge in [0.15, 0.2) is 6.10 Å². The number of unbranched alkanes of at least 4 members (excludes halogenated alkanes) is 19. The van der Waals surface area contributed by atoms with Crippen molar-refractivity contribution in [3.63, 3.8) is 0 Å². The topological polar surface area (TPSA) is 78.9 Å². The Labute approximate surface area is 449 Å². The number of esters is 3. The fraction of sp³-hybridized carbons (Fsp3) is 0.627. The maximum atomic E-state index is 12.8. The molecule has 0 saturated carbocycles. The van der Waals surface area contributed by atoms with E-state index in [1.807, 2.05) is 0 Å². The Morgan fingerprint density at radius 3 is 0.781 bits per heavy atom. The SMILES string of the molecule is CC/C=C\C/C=C\C/C=C\C/C=C\C/C=C\CCCCCCCCCCCCCC(=O)OCC(COC(=O)CCCCC/C=C\C/C=C\C/C=C\CC)OC(=O)CCCCCCC/C=C\C/C=C\C/C=C\CC. The lowest BCUT2D eigenvalue weighted by Gasteiger charge is -2.18. The van der Waals surface area contributed by atoms with Crippen molar-refractivity contribution in [2.24, 2.45) is 0 Å². The minimum Gasteiger partial charge on any atom is -0.462 e. The maximum Gasteiger partial charge on any atom is 0.306 e. The normalized spacial score (nSPS) is 13.1. The monoisotopic (exact) mass is 1010 g/mol. The van der Waals surface area contributed by atoms with Crippen molar-refractivity contribution >= 4 is 17.9 Å². The number of carbonyl (C=O) groups excluding carboxylic acids is 3. The minimum atomic E-state index is -0.805. The van der Waals surface area contributed by atoms with Gasteiger partial charge < -0.3 is 14.2 Å². The smallest absolute Gasteiger partial charge is 0.306 e. The third-order valence-corrected chi connectivity index (χ3v) is 12.1. The minimum absolute atomic E-state index is 0.0998. The van der Waals surface area contributed by atoms with Gasteiger partial charge in [-0.15, -0.1) is 0 Å². The summed E-state index contributed by atoms with van der Waals surface area (Å²) in [7, 11) is 0. The first-order chi connectivity index (χ1) is 36.0. The van der Waals surface area contributed by atoms with E-state index >= 15 is 0 Å². The lowest BCUT2D eigenvalue weighted by Crippen LogP contribution is -2.30. The van der Waals surface area contributed by atoms with E-state index in [9.17, 15) is 14.4 Å².